The van der Waals surface area contributed by atoms with Crippen LogP contribution in [0.4, 0.5) is 5.69 Å². The lowest BCUT2D eigenvalue weighted by Gasteiger charge is -2.19. The van der Waals surface area contributed by atoms with Crippen LogP contribution in [-0.4, -0.2) is 38.4 Å². The standard InChI is InChI=1S/C13H17NO4/c1-17-11-4-3-10(7-12(11)18-2)14-6-5-9(8-14)13(15)16/h3-4,7,9H,5-6,8H2,1-2H3,(H,15,16). The van der Waals surface area contributed by atoms with E-state index in [1.54, 1.807) is 14.2 Å². The molecule has 1 fully saturated rings. The van der Waals surface area contributed by atoms with Gasteiger partial charge in [0.2, 0.25) is 0 Å². The Labute approximate surface area is 106 Å². The van der Waals surface area contributed by atoms with Crippen molar-refractivity contribution in [1.29, 1.82) is 0 Å². The van der Waals surface area contributed by atoms with Crippen LogP contribution in [0.3, 0.4) is 0 Å². The Kier molecular flexibility index (Phi) is 3.60. The summed E-state index contributed by atoms with van der Waals surface area (Å²) in [6, 6.07) is 5.64. The lowest BCUT2D eigenvalue weighted by molar-refractivity contribution is -0.140. The maximum atomic E-state index is 10.9. The van der Waals surface area contributed by atoms with Gasteiger partial charge < -0.3 is 19.5 Å². The van der Waals surface area contributed by atoms with E-state index in [-0.39, 0.29) is 5.92 Å². The van der Waals surface area contributed by atoms with Crippen molar-refractivity contribution in [3.63, 3.8) is 0 Å². The maximum Gasteiger partial charge on any atom is 0.308 e. The number of hydrogen-bond acceptors (Lipinski definition) is 4. The summed E-state index contributed by atoms with van der Waals surface area (Å²) < 4.78 is 10.4. The van der Waals surface area contributed by atoms with Gasteiger partial charge in [0.15, 0.2) is 11.5 Å². The highest BCUT2D eigenvalue weighted by Gasteiger charge is 2.28. The first-order chi connectivity index (χ1) is 8.65. The van der Waals surface area contributed by atoms with Gasteiger partial charge in [-0.25, -0.2) is 0 Å². The summed E-state index contributed by atoms with van der Waals surface area (Å²) in [4.78, 5) is 13.0. The van der Waals surface area contributed by atoms with E-state index in [1.165, 1.54) is 0 Å². The number of benzene rings is 1. The van der Waals surface area contributed by atoms with Gasteiger partial charge in [-0.2, -0.15) is 0 Å². The molecule has 2 rings (SSSR count). The second-order valence-corrected chi connectivity index (χ2v) is 4.31. The molecule has 0 amide bonds. The van der Waals surface area contributed by atoms with Gasteiger partial charge in [-0.3, -0.25) is 4.79 Å². The number of carboxylic acids is 1. The minimum atomic E-state index is -0.724. The van der Waals surface area contributed by atoms with Crippen molar-refractivity contribution in [3.05, 3.63) is 18.2 Å². The van der Waals surface area contributed by atoms with Gasteiger partial charge in [-0.1, -0.05) is 0 Å². The maximum absolute atomic E-state index is 10.9. The highest BCUT2D eigenvalue weighted by Crippen LogP contribution is 2.33. The topological polar surface area (TPSA) is 59.0 Å². The molecule has 0 aliphatic carbocycles. The molecule has 1 heterocycles. The van der Waals surface area contributed by atoms with E-state index in [1.807, 2.05) is 18.2 Å². The van der Waals surface area contributed by atoms with Gasteiger partial charge in [-0.15, -0.1) is 0 Å². The fourth-order valence-electron chi connectivity index (χ4n) is 2.22. The summed E-state index contributed by atoms with van der Waals surface area (Å²) >= 11 is 0. The summed E-state index contributed by atoms with van der Waals surface area (Å²) in [6.45, 7) is 1.30. The van der Waals surface area contributed by atoms with E-state index in [0.717, 1.165) is 12.2 Å². The van der Waals surface area contributed by atoms with Crippen LogP contribution in [0, 0.1) is 5.92 Å². The normalized spacial score (nSPS) is 18.8. The first-order valence-electron chi connectivity index (χ1n) is 5.85. The van der Waals surface area contributed by atoms with Gasteiger partial charge in [0.05, 0.1) is 20.1 Å². The Bertz CT molecular complexity index is 447. The van der Waals surface area contributed by atoms with Crippen LogP contribution in [0.25, 0.3) is 0 Å². The molecule has 18 heavy (non-hydrogen) atoms. The van der Waals surface area contributed by atoms with Crippen molar-refractivity contribution in [1.82, 2.24) is 0 Å². The predicted octanol–water partition coefficient (Wildman–Crippen LogP) is 1.61. The summed E-state index contributed by atoms with van der Waals surface area (Å²) in [5.41, 5.74) is 0.969. The van der Waals surface area contributed by atoms with E-state index in [0.29, 0.717) is 24.5 Å². The average Bonchev–Trinajstić information content (AvgIpc) is 2.87. The zero-order valence-electron chi connectivity index (χ0n) is 10.5. The van der Waals surface area contributed by atoms with E-state index in [2.05, 4.69) is 4.90 Å². The molecule has 1 atom stereocenters. The molecule has 1 aliphatic heterocycles. The van der Waals surface area contributed by atoms with Crippen LogP contribution in [-0.2, 0) is 4.79 Å². The van der Waals surface area contributed by atoms with E-state index in [9.17, 15) is 4.79 Å². The van der Waals surface area contributed by atoms with Gasteiger partial charge in [0.1, 0.15) is 0 Å². The highest BCUT2D eigenvalue weighted by molar-refractivity contribution is 5.72. The second kappa shape index (κ2) is 5.16. The Morgan fingerprint density at radius 3 is 2.61 bits per heavy atom. The van der Waals surface area contributed by atoms with Crippen LogP contribution < -0.4 is 14.4 Å². The molecular weight excluding hydrogens is 234 g/mol. The Balaban J connectivity index is 2.17. The number of aliphatic carboxylic acids is 1. The van der Waals surface area contributed by atoms with Crippen molar-refractivity contribution in [3.8, 4) is 11.5 Å². The smallest absolute Gasteiger partial charge is 0.308 e. The number of nitrogens with zero attached hydrogens (tertiary/aromatic N) is 1. The zero-order chi connectivity index (χ0) is 13.1. The first-order valence-corrected chi connectivity index (χ1v) is 5.85. The minimum Gasteiger partial charge on any atom is -0.493 e. The molecular formula is C13H17NO4. The molecule has 98 valence electrons. The number of hydrogen-bond donors (Lipinski definition) is 1. The van der Waals surface area contributed by atoms with Crippen molar-refractivity contribution in [2.75, 3.05) is 32.2 Å². The number of carboxylic acid groups (broad SMARTS) is 1. The third kappa shape index (κ3) is 2.34. The quantitative estimate of drug-likeness (QED) is 0.881. The van der Waals surface area contributed by atoms with E-state index in [4.69, 9.17) is 14.6 Å². The Morgan fingerprint density at radius 1 is 1.33 bits per heavy atom. The number of anilines is 1. The van der Waals surface area contributed by atoms with Crippen LogP contribution in [0.15, 0.2) is 18.2 Å². The summed E-state index contributed by atoms with van der Waals surface area (Å²) in [6.07, 6.45) is 0.684. The molecule has 0 aromatic heterocycles. The van der Waals surface area contributed by atoms with Crippen LogP contribution >= 0.6 is 0 Å². The molecule has 0 radical (unpaired) electrons. The van der Waals surface area contributed by atoms with Gasteiger partial charge in [-0.05, 0) is 18.6 Å². The lowest BCUT2D eigenvalue weighted by atomic mass is 10.1. The fraction of sp³-hybridized carbons (Fsp3) is 0.462. The van der Waals surface area contributed by atoms with Crippen molar-refractivity contribution < 1.29 is 19.4 Å². The largest absolute Gasteiger partial charge is 0.493 e. The number of rotatable bonds is 4. The second-order valence-electron chi connectivity index (χ2n) is 4.31. The molecule has 1 N–H and O–H groups in total. The molecule has 1 saturated heterocycles. The van der Waals surface area contributed by atoms with E-state index >= 15 is 0 Å². The third-order valence-electron chi connectivity index (χ3n) is 3.27. The highest BCUT2D eigenvalue weighted by atomic mass is 16.5. The molecule has 1 unspecified atom stereocenters. The average molecular weight is 251 g/mol. The molecule has 5 nitrogen and oxygen atoms in total. The monoisotopic (exact) mass is 251 g/mol. The van der Waals surface area contributed by atoms with Crippen molar-refractivity contribution in [2.45, 2.75) is 6.42 Å². The van der Waals surface area contributed by atoms with Crippen LogP contribution in [0.2, 0.25) is 0 Å². The van der Waals surface area contributed by atoms with Gasteiger partial charge in [0.25, 0.3) is 0 Å². The third-order valence-corrected chi connectivity index (χ3v) is 3.27. The molecule has 1 aromatic carbocycles. The number of carbonyl (C=O) groups is 1. The number of methoxy groups -OCH3 is 2. The Morgan fingerprint density at radius 2 is 2.06 bits per heavy atom. The Hall–Kier alpha value is -1.91. The molecule has 1 aliphatic rings. The molecule has 0 spiro atoms. The summed E-state index contributed by atoms with van der Waals surface area (Å²) in [7, 11) is 3.18. The van der Waals surface area contributed by atoms with Gasteiger partial charge in [0, 0.05) is 24.8 Å². The zero-order valence-corrected chi connectivity index (χ0v) is 10.5. The van der Waals surface area contributed by atoms with Crippen LogP contribution in [0.5, 0.6) is 11.5 Å². The SMILES string of the molecule is COc1ccc(N2CCC(C(=O)O)C2)cc1OC. The predicted molar refractivity (Wildman–Crippen MR) is 67.5 cm³/mol. The molecule has 0 bridgehead atoms. The first kappa shape index (κ1) is 12.5. The minimum absolute atomic E-state index is 0.280. The lowest BCUT2D eigenvalue weighted by Crippen LogP contribution is -2.22. The fourth-order valence-corrected chi connectivity index (χ4v) is 2.22. The van der Waals surface area contributed by atoms with Crippen molar-refractivity contribution >= 4 is 11.7 Å². The molecule has 0 saturated carbocycles. The molecule has 5 heteroatoms. The summed E-state index contributed by atoms with van der Waals surface area (Å²) in [5.74, 6) is 0.333. The summed E-state index contributed by atoms with van der Waals surface area (Å²) in [5, 5.41) is 8.99. The number of ether oxygens (including phenoxy) is 2. The molecule has 1 aromatic rings. The van der Waals surface area contributed by atoms with Gasteiger partial charge >= 0.3 is 5.97 Å². The van der Waals surface area contributed by atoms with Crippen LogP contribution in [0.1, 0.15) is 6.42 Å². The van der Waals surface area contributed by atoms with E-state index < -0.39 is 5.97 Å². The van der Waals surface area contributed by atoms with Crippen molar-refractivity contribution in [2.24, 2.45) is 5.92 Å².